The molecule has 1 amide bonds. The first-order chi connectivity index (χ1) is 22.1. The fourth-order valence-corrected chi connectivity index (χ4v) is 6.36. The van der Waals surface area contributed by atoms with E-state index >= 15 is 0 Å². The van der Waals surface area contributed by atoms with Gasteiger partial charge in [-0.25, -0.2) is 13.8 Å². The van der Waals surface area contributed by atoms with Crippen LogP contribution in [-0.2, 0) is 15.3 Å². The number of nitrogens with one attached hydrogen (secondary N) is 2. The van der Waals surface area contributed by atoms with Gasteiger partial charge in [-0.2, -0.15) is 18.3 Å². The third-order valence-corrected chi connectivity index (χ3v) is 9.05. The average Bonchev–Trinajstić information content (AvgIpc) is 3.45. The second-order valence-electron chi connectivity index (χ2n) is 11.3. The highest BCUT2D eigenvalue weighted by molar-refractivity contribution is 7.98. The second-order valence-corrected chi connectivity index (χ2v) is 12.3. The number of benzene rings is 2. The van der Waals surface area contributed by atoms with Gasteiger partial charge >= 0.3 is 12.1 Å². The molecule has 2 aliphatic rings. The van der Waals surface area contributed by atoms with Gasteiger partial charge in [0.2, 0.25) is 0 Å². The zero-order valence-corrected chi connectivity index (χ0v) is 25.7. The third kappa shape index (κ3) is 7.05. The third-order valence-electron chi connectivity index (χ3n) is 8.07. The lowest BCUT2D eigenvalue weighted by atomic mass is 10.1. The molecular formula is C31H32F5N7O2S. The number of H-pyrrole nitrogens is 1. The van der Waals surface area contributed by atoms with Gasteiger partial charge < -0.3 is 19.9 Å². The summed E-state index contributed by atoms with van der Waals surface area (Å²) in [5.41, 5.74) is 1.56. The summed E-state index contributed by atoms with van der Waals surface area (Å²) in [7, 11) is 2.03. The zero-order valence-electron chi connectivity index (χ0n) is 24.9. The number of alkyl halides is 3. The van der Waals surface area contributed by atoms with Crippen LogP contribution in [0.1, 0.15) is 18.4 Å². The SMILES string of the molecule is CN1CCN(c2ccc(N(C(=O)C(F)(F)F)c3n[nH]c4ccc(SCc5cc(F)ccc5F)nc34)c(NC3CCOCC3)c2)CC1. The molecule has 2 aromatic heterocycles. The summed E-state index contributed by atoms with van der Waals surface area (Å²) in [6.45, 7) is 4.16. The van der Waals surface area contributed by atoms with E-state index in [4.69, 9.17) is 4.74 Å². The van der Waals surface area contributed by atoms with Crippen LogP contribution in [0.4, 0.5) is 44.8 Å². The van der Waals surface area contributed by atoms with Crippen molar-refractivity contribution in [3.63, 3.8) is 0 Å². The largest absolute Gasteiger partial charge is 0.472 e. The van der Waals surface area contributed by atoms with Crippen LogP contribution < -0.4 is 15.1 Å². The van der Waals surface area contributed by atoms with Gasteiger partial charge in [-0.05, 0) is 68.4 Å². The van der Waals surface area contributed by atoms with Gasteiger partial charge in [-0.3, -0.25) is 14.8 Å². The molecule has 2 aromatic carbocycles. The summed E-state index contributed by atoms with van der Waals surface area (Å²) in [6, 6.07) is 11.2. The minimum absolute atomic E-state index is 0.0162. The van der Waals surface area contributed by atoms with Crippen LogP contribution in [0.2, 0.25) is 0 Å². The highest BCUT2D eigenvalue weighted by Gasteiger charge is 2.46. The van der Waals surface area contributed by atoms with Crippen molar-refractivity contribution in [3.8, 4) is 0 Å². The molecule has 2 fully saturated rings. The first-order valence-electron chi connectivity index (χ1n) is 14.8. The second kappa shape index (κ2) is 13.4. The molecular weight excluding hydrogens is 629 g/mol. The fourth-order valence-electron chi connectivity index (χ4n) is 5.51. The summed E-state index contributed by atoms with van der Waals surface area (Å²) in [4.78, 5) is 22.6. The number of carbonyl (C=O) groups excluding carboxylic acids is 1. The van der Waals surface area contributed by atoms with Gasteiger partial charge in [0.1, 0.15) is 17.2 Å². The maximum Gasteiger partial charge on any atom is 0.472 e. The number of rotatable bonds is 8. The lowest BCUT2D eigenvalue weighted by Gasteiger charge is -2.35. The first kappa shape index (κ1) is 32.0. The molecule has 244 valence electrons. The van der Waals surface area contributed by atoms with Crippen LogP contribution in [-0.4, -0.2) is 84.6 Å². The lowest BCUT2D eigenvalue weighted by Crippen LogP contribution is -2.44. The number of ether oxygens (including phenoxy) is 1. The Labute approximate surface area is 266 Å². The normalized spacial score (nSPS) is 16.6. The van der Waals surface area contributed by atoms with E-state index in [1.807, 2.05) is 7.05 Å². The van der Waals surface area contributed by atoms with Crippen molar-refractivity contribution in [1.82, 2.24) is 20.1 Å². The number of thioether (sulfide) groups is 1. The quantitative estimate of drug-likeness (QED) is 0.173. The molecule has 0 atom stereocenters. The molecule has 9 nitrogen and oxygen atoms in total. The number of nitrogens with zero attached hydrogens (tertiary/aromatic N) is 5. The standard InChI is InChI=1S/C31H32F5N7O2S/c1-41-10-12-42(13-11-41)22-3-6-26(25(17-22)37-21-8-14-45-15-9-21)43(30(44)31(34,35)36)29-28-24(39-40-29)5-7-27(38-28)46-18-19-16-20(32)2-4-23(19)33/h2-7,16-17,21,37H,8-15,18H2,1H3,(H,39,40). The summed E-state index contributed by atoms with van der Waals surface area (Å²) in [6.07, 6.45) is -3.95. The van der Waals surface area contributed by atoms with Crippen molar-refractivity contribution in [2.75, 3.05) is 61.6 Å². The van der Waals surface area contributed by atoms with Gasteiger partial charge in [0.15, 0.2) is 5.82 Å². The molecule has 4 heterocycles. The topological polar surface area (TPSA) is 89.6 Å². The van der Waals surface area contributed by atoms with Gasteiger partial charge in [0, 0.05) is 62.4 Å². The minimum atomic E-state index is -5.24. The summed E-state index contributed by atoms with van der Waals surface area (Å²) >= 11 is 1.07. The Kier molecular flexibility index (Phi) is 9.34. The van der Waals surface area contributed by atoms with Crippen LogP contribution in [0.15, 0.2) is 53.6 Å². The molecule has 2 N–H and O–H groups in total. The molecule has 0 bridgehead atoms. The van der Waals surface area contributed by atoms with E-state index < -0.39 is 23.7 Å². The van der Waals surface area contributed by atoms with Gasteiger partial charge in [0.05, 0.1) is 21.9 Å². The molecule has 15 heteroatoms. The molecule has 2 aliphatic heterocycles. The number of pyridine rings is 1. The average molecular weight is 662 g/mol. The number of amides is 1. The van der Waals surface area contributed by atoms with Crippen molar-refractivity contribution >= 4 is 51.6 Å². The molecule has 46 heavy (non-hydrogen) atoms. The highest BCUT2D eigenvalue weighted by atomic mass is 32.2. The van der Waals surface area contributed by atoms with Crippen LogP contribution in [0, 0.1) is 11.6 Å². The maximum atomic E-state index is 14.3. The molecule has 0 saturated carbocycles. The maximum absolute atomic E-state index is 14.3. The Hall–Kier alpha value is -3.95. The number of piperazine rings is 1. The summed E-state index contributed by atoms with van der Waals surface area (Å²) in [5, 5.41) is 10.5. The minimum Gasteiger partial charge on any atom is -0.381 e. The summed E-state index contributed by atoms with van der Waals surface area (Å²) < 4.78 is 76.2. The molecule has 4 aromatic rings. The van der Waals surface area contributed by atoms with Crippen molar-refractivity contribution in [2.24, 2.45) is 0 Å². The number of hydrogen-bond acceptors (Lipinski definition) is 8. The number of carbonyl (C=O) groups is 1. The molecule has 0 unspecified atom stereocenters. The van der Waals surface area contributed by atoms with Gasteiger partial charge in [-0.15, -0.1) is 11.8 Å². The Morgan fingerprint density at radius 3 is 2.57 bits per heavy atom. The van der Waals surface area contributed by atoms with Crippen molar-refractivity contribution in [2.45, 2.75) is 35.8 Å². The van der Waals surface area contributed by atoms with Crippen LogP contribution >= 0.6 is 11.8 Å². The zero-order chi connectivity index (χ0) is 32.4. The Morgan fingerprint density at radius 1 is 1.07 bits per heavy atom. The van der Waals surface area contributed by atoms with E-state index in [1.165, 1.54) is 6.07 Å². The lowest BCUT2D eigenvalue weighted by molar-refractivity contribution is -0.169. The molecule has 6 rings (SSSR count). The smallest absolute Gasteiger partial charge is 0.381 e. The van der Waals surface area contributed by atoms with E-state index in [0.717, 1.165) is 61.8 Å². The van der Waals surface area contributed by atoms with Gasteiger partial charge in [-0.1, -0.05) is 0 Å². The monoisotopic (exact) mass is 661 g/mol. The first-order valence-corrected chi connectivity index (χ1v) is 15.8. The number of aromatic nitrogens is 3. The van der Waals surface area contributed by atoms with Crippen molar-refractivity contribution < 1.29 is 31.5 Å². The van der Waals surface area contributed by atoms with E-state index in [0.29, 0.717) is 47.2 Å². The number of aromatic amines is 1. The number of likely N-dealkylation sites (N-methyl/N-ethyl adjacent to an activating group) is 1. The number of hydrogen-bond donors (Lipinski definition) is 2. The Balaban J connectivity index is 1.40. The van der Waals surface area contributed by atoms with Crippen LogP contribution in [0.5, 0.6) is 0 Å². The molecule has 0 aliphatic carbocycles. The van der Waals surface area contributed by atoms with E-state index in [2.05, 4.69) is 30.3 Å². The molecule has 0 radical (unpaired) electrons. The molecule has 2 saturated heterocycles. The van der Waals surface area contributed by atoms with Crippen molar-refractivity contribution in [1.29, 1.82) is 0 Å². The van der Waals surface area contributed by atoms with E-state index in [9.17, 15) is 26.7 Å². The van der Waals surface area contributed by atoms with Crippen molar-refractivity contribution in [3.05, 3.63) is 65.7 Å². The van der Waals surface area contributed by atoms with E-state index in [1.54, 1.807) is 24.3 Å². The Bertz CT molecular complexity index is 1700. The highest BCUT2D eigenvalue weighted by Crippen LogP contribution is 2.41. The van der Waals surface area contributed by atoms with Crippen LogP contribution in [0.3, 0.4) is 0 Å². The number of halogens is 5. The Morgan fingerprint density at radius 2 is 1.83 bits per heavy atom. The molecule has 0 spiro atoms. The van der Waals surface area contributed by atoms with Gasteiger partial charge in [0.25, 0.3) is 0 Å². The number of anilines is 4. The van der Waals surface area contributed by atoms with Crippen LogP contribution in [0.25, 0.3) is 11.0 Å². The fraction of sp³-hybridized carbons (Fsp3) is 0.387. The summed E-state index contributed by atoms with van der Waals surface area (Å²) in [5.74, 6) is -3.63. The predicted molar refractivity (Wildman–Crippen MR) is 167 cm³/mol. The van der Waals surface area contributed by atoms with E-state index in [-0.39, 0.29) is 34.4 Å². The predicted octanol–water partition coefficient (Wildman–Crippen LogP) is 6.10. The number of fused-ring (bicyclic) bond motifs is 1.